The summed E-state index contributed by atoms with van der Waals surface area (Å²) in [6.07, 6.45) is 2.29. The maximum atomic E-state index is 11.9. The van der Waals surface area contributed by atoms with Crippen molar-refractivity contribution >= 4 is 29.4 Å². The molecule has 0 saturated carbocycles. The predicted molar refractivity (Wildman–Crippen MR) is 118 cm³/mol. The molecule has 0 fully saturated rings. The summed E-state index contributed by atoms with van der Waals surface area (Å²) < 4.78 is 5.67. The van der Waals surface area contributed by atoms with E-state index in [2.05, 4.69) is 29.3 Å². The van der Waals surface area contributed by atoms with Crippen molar-refractivity contribution in [2.75, 3.05) is 24.6 Å². The molecule has 29 heavy (non-hydrogen) atoms. The van der Waals surface area contributed by atoms with Crippen LogP contribution in [0.1, 0.15) is 37.8 Å². The fourth-order valence-electron chi connectivity index (χ4n) is 2.85. The van der Waals surface area contributed by atoms with Crippen LogP contribution in [0.15, 0.2) is 41.5 Å². The van der Waals surface area contributed by atoms with Gasteiger partial charge in [-0.05, 0) is 63.1 Å². The molecule has 0 radical (unpaired) electrons. The van der Waals surface area contributed by atoms with E-state index in [-0.39, 0.29) is 18.1 Å². The molecule has 0 bridgehead atoms. The van der Waals surface area contributed by atoms with Crippen LogP contribution in [-0.2, 0) is 4.79 Å². The minimum atomic E-state index is -0.211. The molecule has 0 saturated heterocycles. The Morgan fingerprint density at radius 2 is 2.00 bits per heavy atom. The Balaban J connectivity index is 1.76. The Morgan fingerprint density at radius 3 is 2.66 bits per heavy atom. The number of phenols is 1. The normalized spacial score (nSPS) is 10.9. The van der Waals surface area contributed by atoms with E-state index in [0.29, 0.717) is 23.6 Å². The molecule has 0 heterocycles. The first kappa shape index (κ1) is 22.6. The number of rotatable bonds is 10. The van der Waals surface area contributed by atoms with Crippen molar-refractivity contribution in [2.24, 2.45) is 5.10 Å². The molecule has 1 amide bonds. The highest BCUT2D eigenvalue weighted by Crippen LogP contribution is 2.24. The summed E-state index contributed by atoms with van der Waals surface area (Å²) in [6, 6.07) is 10.8. The molecule has 0 unspecified atom stereocenters. The number of halogens is 1. The van der Waals surface area contributed by atoms with Crippen molar-refractivity contribution in [3.8, 4) is 11.5 Å². The molecule has 6 nitrogen and oxygen atoms in total. The Bertz CT molecular complexity index is 851. The molecule has 2 N–H and O–H groups in total. The zero-order valence-corrected chi connectivity index (χ0v) is 17.9. The summed E-state index contributed by atoms with van der Waals surface area (Å²) in [6.45, 7) is 8.20. The third-order valence-corrected chi connectivity index (χ3v) is 4.71. The highest BCUT2D eigenvalue weighted by molar-refractivity contribution is 6.30. The zero-order chi connectivity index (χ0) is 21.2. The number of hydrogen-bond donors (Lipinski definition) is 2. The van der Waals surface area contributed by atoms with Gasteiger partial charge in [0.1, 0.15) is 11.5 Å². The summed E-state index contributed by atoms with van der Waals surface area (Å²) >= 11 is 5.92. The Hall–Kier alpha value is -2.73. The average Bonchev–Trinajstić information content (AvgIpc) is 2.69. The summed E-state index contributed by atoms with van der Waals surface area (Å²) in [7, 11) is 0. The second-order valence-corrected chi connectivity index (χ2v) is 7.01. The van der Waals surface area contributed by atoms with E-state index in [0.717, 1.165) is 30.1 Å². The van der Waals surface area contributed by atoms with Crippen LogP contribution in [0, 0.1) is 6.92 Å². The van der Waals surface area contributed by atoms with Gasteiger partial charge in [-0.2, -0.15) is 5.10 Å². The molecule has 2 aromatic carbocycles. The zero-order valence-electron chi connectivity index (χ0n) is 17.1. The Kier molecular flexibility index (Phi) is 8.80. The average molecular weight is 418 g/mol. The summed E-state index contributed by atoms with van der Waals surface area (Å²) in [5.74, 6) is 0.674. The van der Waals surface area contributed by atoms with Crippen LogP contribution < -0.4 is 15.1 Å². The van der Waals surface area contributed by atoms with E-state index in [1.807, 2.05) is 25.1 Å². The number of nitrogens with zero attached hydrogens (tertiary/aromatic N) is 2. The number of amides is 1. The topological polar surface area (TPSA) is 74.2 Å². The molecular formula is C22H28ClN3O3. The number of ether oxygens (including phenoxy) is 1. The van der Waals surface area contributed by atoms with Gasteiger partial charge in [-0.1, -0.05) is 11.6 Å². The number of hydrogen-bond acceptors (Lipinski definition) is 5. The van der Waals surface area contributed by atoms with Gasteiger partial charge in [0, 0.05) is 41.9 Å². The van der Waals surface area contributed by atoms with Crippen LogP contribution in [-0.4, -0.2) is 36.9 Å². The van der Waals surface area contributed by atoms with Gasteiger partial charge in [0.15, 0.2) is 0 Å². The maximum Gasteiger partial charge on any atom is 0.240 e. The molecule has 0 aliphatic carbocycles. The number of aryl methyl sites for hydroxylation is 1. The van der Waals surface area contributed by atoms with Gasteiger partial charge in [0.25, 0.3) is 0 Å². The first-order chi connectivity index (χ1) is 13.9. The largest absolute Gasteiger partial charge is 0.507 e. The fraction of sp³-hybridized carbons (Fsp3) is 0.364. The first-order valence-corrected chi connectivity index (χ1v) is 10.1. The number of carbonyl (C=O) groups is 1. The molecule has 2 aromatic rings. The number of carbonyl (C=O) groups excluding carboxylic acids is 1. The van der Waals surface area contributed by atoms with Gasteiger partial charge >= 0.3 is 0 Å². The monoisotopic (exact) mass is 417 g/mol. The molecule has 7 heteroatoms. The summed E-state index contributed by atoms with van der Waals surface area (Å²) in [5, 5.41) is 14.8. The fourth-order valence-corrected chi connectivity index (χ4v) is 3.07. The summed E-state index contributed by atoms with van der Waals surface area (Å²) in [4.78, 5) is 14.0. The third kappa shape index (κ3) is 6.98. The molecule has 0 atom stereocenters. The summed E-state index contributed by atoms with van der Waals surface area (Å²) in [5.41, 5.74) is 4.92. The predicted octanol–water partition coefficient (Wildman–Crippen LogP) is 4.51. The SMILES string of the molecule is CCN(CC)c1ccc(C=NNC(=O)CCCOc2ccc(Cl)cc2C)c(O)c1. The molecule has 2 rings (SSSR count). The second-order valence-electron chi connectivity index (χ2n) is 6.57. The van der Waals surface area contributed by atoms with E-state index in [1.54, 1.807) is 18.2 Å². The highest BCUT2D eigenvalue weighted by atomic mass is 35.5. The standard InChI is InChI=1S/C22H28ClN3O3/c1-4-26(5-2)19-10-8-17(20(27)14-19)15-24-25-22(28)7-6-12-29-21-11-9-18(23)13-16(21)3/h8-11,13-15,27H,4-7,12H2,1-3H3,(H,25,28). The number of aromatic hydroxyl groups is 1. The number of hydrazone groups is 1. The van der Waals surface area contributed by atoms with Crippen LogP contribution in [0.4, 0.5) is 5.69 Å². The van der Waals surface area contributed by atoms with Gasteiger partial charge in [0.05, 0.1) is 12.8 Å². The van der Waals surface area contributed by atoms with Crippen molar-refractivity contribution < 1.29 is 14.6 Å². The Labute approximate surface area is 177 Å². The number of benzene rings is 2. The van der Waals surface area contributed by atoms with Crippen molar-refractivity contribution in [1.29, 1.82) is 0 Å². The van der Waals surface area contributed by atoms with E-state index in [4.69, 9.17) is 16.3 Å². The second kappa shape index (κ2) is 11.3. The molecule has 0 aromatic heterocycles. The van der Waals surface area contributed by atoms with Crippen LogP contribution in [0.3, 0.4) is 0 Å². The molecule has 156 valence electrons. The van der Waals surface area contributed by atoms with Gasteiger partial charge in [-0.15, -0.1) is 0 Å². The van der Waals surface area contributed by atoms with Crippen molar-refractivity contribution in [1.82, 2.24) is 5.43 Å². The van der Waals surface area contributed by atoms with Gasteiger partial charge in [-0.25, -0.2) is 5.43 Å². The molecular weight excluding hydrogens is 390 g/mol. The van der Waals surface area contributed by atoms with Gasteiger partial charge in [-0.3, -0.25) is 4.79 Å². The van der Waals surface area contributed by atoms with E-state index in [9.17, 15) is 9.90 Å². The van der Waals surface area contributed by atoms with E-state index >= 15 is 0 Å². The third-order valence-electron chi connectivity index (χ3n) is 4.48. The van der Waals surface area contributed by atoms with Crippen molar-refractivity contribution in [3.05, 3.63) is 52.5 Å². The lowest BCUT2D eigenvalue weighted by molar-refractivity contribution is -0.121. The minimum absolute atomic E-state index is 0.124. The minimum Gasteiger partial charge on any atom is -0.507 e. The van der Waals surface area contributed by atoms with E-state index < -0.39 is 0 Å². The number of anilines is 1. The lowest BCUT2D eigenvalue weighted by Gasteiger charge is -2.21. The molecule has 0 aliphatic heterocycles. The van der Waals surface area contributed by atoms with Gasteiger partial charge < -0.3 is 14.7 Å². The van der Waals surface area contributed by atoms with Crippen LogP contribution in [0.5, 0.6) is 11.5 Å². The molecule has 0 aliphatic rings. The number of phenolic OH excluding ortho intramolecular Hbond substituents is 1. The van der Waals surface area contributed by atoms with E-state index in [1.165, 1.54) is 6.21 Å². The smallest absolute Gasteiger partial charge is 0.240 e. The maximum absolute atomic E-state index is 11.9. The van der Waals surface area contributed by atoms with Crippen molar-refractivity contribution in [2.45, 2.75) is 33.6 Å². The van der Waals surface area contributed by atoms with Crippen molar-refractivity contribution in [3.63, 3.8) is 0 Å². The van der Waals surface area contributed by atoms with Crippen LogP contribution in [0.2, 0.25) is 5.02 Å². The highest BCUT2D eigenvalue weighted by Gasteiger charge is 2.06. The molecule has 0 spiro atoms. The Morgan fingerprint density at radius 1 is 1.24 bits per heavy atom. The van der Waals surface area contributed by atoms with Gasteiger partial charge in [0.2, 0.25) is 5.91 Å². The lowest BCUT2D eigenvalue weighted by Crippen LogP contribution is -2.21. The first-order valence-electron chi connectivity index (χ1n) is 9.73. The lowest BCUT2D eigenvalue weighted by atomic mass is 10.2. The number of nitrogens with one attached hydrogen (secondary N) is 1. The van der Waals surface area contributed by atoms with Crippen LogP contribution >= 0.6 is 11.6 Å². The van der Waals surface area contributed by atoms with Crippen LogP contribution in [0.25, 0.3) is 0 Å². The quantitative estimate of drug-likeness (QED) is 0.339.